The Bertz CT molecular complexity index is 1300. The van der Waals surface area contributed by atoms with Crippen LogP contribution in [0.5, 0.6) is 5.75 Å². The Morgan fingerprint density at radius 2 is 1.77 bits per heavy atom. The molecule has 0 fully saturated rings. The predicted octanol–water partition coefficient (Wildman–Crippen LogP) is 4.55. The molecule has 8 heteroatoms. The fraction of sp³-hybridized carbons (Fsp3) is 0. The number of pyridine rings is 1. The van der Waals surface area contributed by atoms with E-state index in [0.717, 1.165) is 10.9 Å². The largest absolute Gasteiger partial charge is 0.507 e. The number of amidine groups is 1. The van der Waals surface area contributed by atoms with Gasteiger partial charge in [-0.15, -0.1) is 0 Å². The number of aliphatic imine (C=N–C) groups is 1. The predicted molar refractivity (Wildman–Crippen MR) is 120 cm³/mol. The number of para-hydroxylation sites is 2. The van der Waals surface area contributed by atoms with E-state index in [9.17, 15) is 15.2 Å². The van der Waals surface area contributed by atoms with E-state index in [0.29, 0.717) is 17.2 Å². The minimum Gasteiger partial charge on any atom is -0.507 e. The number of phenolic OH excluding ortho intramolecular Hbond substituents is 1. The molecule has 0 bridgehead atoms. The SMILES string of the molecule is O=[N+]([O-])c1ccc(O)c(C=NNC(=Nc2ccccc2)c2ccc3ccccc3n2)c1. The molecule has 0 amide bonds. The zero-order chi connectivity index (χ0) is 21.6. The number of hydrazone groups is 1. The number of nitrogens with one attached hydrogen (secondary N) is 1. The third-order valence-corrected chi connectivity index (χ3v) is 4.43. The number of fused-ring (bicyclic) bond motifs is 1. The Balaban J connectivity index is 1.68. The summed E-state index contributed by atoms with van der Waals surface area (Å²) in [7, 11) is 0. The van der Waals surface area contributed by atoms with E-state index in [1.807, 2.05) is 66.7 Å². The Labute approximate surface area is 177 Å². The second-order valence-corrected chi connectivity index (χ2v) is 6.56. The number of hydrogen-bond donors (Lipinski definition) is 2. The summed E-state index contributed by atoms with van der Waals surface area (Å²) >= 11 is 0. The van der Waals surface area contributed by atoms with E-state index in [-0.39, 0.29) is 17.0 Å². The fourth-order valence-corrected chi connectivity index (χ4v) is 2.89. The first kappa shape index (κ1) is 19.7. The van der Waals surface area contributed by atoms with Crippen molar-refractivity contribution in [2.75, 3.05) is 0 Å². The van der Waals surface area contributed by atoms with E-state index < -0.39 is 4.92 Å². The Kier molecular flexibility index (Phi) is 5.62. The normalized spacial score (nSPS) is 11.7. The summed E-state index contributed by atoms with van der Waals surface area (Å²) in [5.41, 5.74) is 4.99. The number of hydrogen-bond acceptors (Lipinski definition) is 6. The van der Waals surface area contributed by atoms with Crippen LogP contribution in [0.3, 0.4) is 0 Å². The second-order valence-electron chi connectivity index (χ2n) is 6.56. The van der Waals surface area contributed by atoms with Crippen LogP contribution in [0.4, 0.5) is 11.4 Å². The molecule has 31 heavy (non-hydrogen) atoms. The molecule has 0 aliphatic rings. The van der Waals surface area contributed by atoms with Gasteiger partial charge in [-0.3, -0.25) is 15.5 Å². The molecular weight excluding hydrogens is 394 g/mol. The lowest BCUT2D eigenvalue weighted by molar-refractivity contribution is -0.384. The molecule has 0 radical (unpaired) electrons. The van der Waals surface area contributed by atoms with Crippen LogP contribution in [0.15, 0.2) is 95.0 Å². The first-order chi connectivity index (χ1) is 15.1. The van der Waals surface area contributed by atoms with Crippen molar-refractivity contribution in [1.29, 1.82) is 0 Å². The highest BCUT2D eigenvalue weighted by Crippen LogP contribution is 2.21. The second kappa shape index (κ2) is 8.83. The molecule has 0 aliphatic carbocycles. The highest BCUT2D eigenvalue weighted by Gasteiger charge is 2.10. The summed E-state index contributed by atoms with van der Waals surface area (Å²) in [4.78, 5) is 19.7. The van der Waals surface area contributed by atoms with Crippen molar-refractivity contribution in [3.05, 3.63) is 106 Å². The molecule has 0 unspecified atom stereocenters. The maximum absolute atomic E-state index is 11.0. The molecular formula is C23H17N5O3. The van der Waals surface area contributed by atoms with Gasteiger partial charge in [0.15, 0.2) is 5.84 Å². The van der Waals surface area contributed by atoms with Gasteiger partial charge in [0.1, 0.15) is 11.4 Å². The van der Waals surface area contributed by atoms with Crippen LogP contribution in [-0.2, 0) is 0 Å². The molecule has 152 valence electrons. The summed E-state index contributed by atoms with van der Waals surface area (Å²) in [6.07, 6.45) is 1.30. The van der Waals surface area contributed by atoms with Gasteiger partial charge < -0.3 is 5.11 Å². The minimum absolute atomic E-state index is 0.124. The van der Waals surface area contributed by atoms with E-state index in [1.165, 1.54) is 24.4 Å². The number of non-ortho nitro benzene ring substituents is 1. The van der Waals surface area contributed by atoms with Gasteiger partial charge in [0, 0.05) is 23.1 Å². The molecule has 0 atom stereocenters. The number of aromatic nitrogens is 1. The van der Waals surface area contributed by atoms with Crippen LogP contribution in [0, 0.1) is 10.1 Å². The van der Waals surface area contributed by atoms with Crippen LogP contribution in [0.2, 0.25) is 0 Å². The van der Waals surface area contributed by atoms with Gasteiger partial charge >= 0.3 is 0 Å². The average molecular weight is 411 g/mol. The van der Waals surface area contributed by atoms with Crippen LogP contribution < -0.4 is 5.43 Å². The Hall–Kier alpha value is -4.59. The lowest BCUT2D eigenvalue weighted by Gasteiger charge is -2.07. The summed E-state index contributed by atoms with van der Waals surface area (Å²) in [5, 5.41) is 26.1. The van der Waals surface area contributed by atoms with Crippen molar-refractivity contribution in [3.63, 3.8) is 0 Å². The maximum atomic E-state index is 11.0. The summed E-state index contributed by atoms with van der Waals surface area (Å²) in [6.45, 7) is 0. The number of aromatic hydroxyl groups is 1. The van der Waals surface area contributed by atoms with Gasteiger partial charge in [0.2, 0.25) is 0 Å². The highest BCUT2D eigenvalue weighted by atomic mass is 16.6. The van der Waals surface area contributed by atoms with Crippen LogP contribution >= 0.6 is 0 Å². The first-order valence-electron chi connectivity index (χ1n) is 9.36. The molecule has 4 aromatic rings. The van der Waals surface area contributed by atoms with Crippen LogP contribution in [0.1, 0.15) is 11.3 Å². The fourth-order valence-electron chi connectivity index (χ4n) is 2.89. The number of benzene rings is 3. The molecule has 3 aromatic carbocycles. The van der Waals surface area contributed by atoms with Crippen molar-refractivity contribution in [1.82, 2.24) is 10.4 Å². The first-order valence-corrected chi connectivity index (χ1v) is 9.36. The lowest BCUT2D eigenvalue weighted by Crippen LogP contribution is -2.20. The zero-order valence-electron chi connectivity index (χ0n) is 16.2. The van der Waals surface area contributed by atoms with Crippen molar-refractivity contribution < 1.29 is 10.0 Å². The molecule has 8 nitrogen and oxygen atoms in total. The van der Waals surface area contributed by atoms with E-state index >= 15 is 0 Å². The number of phenols is 1. The molecule has 0 saturated heterocycles. The number of nitro benzene ring substituents is 1. The van der Waals surface area contributed by atoms with Gasteiger partial charge in [0.05, 0.1) is 22.3 Å². The van der Waals surface area contributed by atoms with Crippen molar-refractivity contribution in [3.8, 4) is 5.75 Å². The highest BCUT2D eigenvalue weighted by molar-refractivity contribution is 6.00. The monoisotopic (exact) mass is 411 g/mol. The molecule has 1 aromatic heterocycles. The third kappa shape index (κ3) is 4.70. The van der Waals surface area contributed by atoms with Crippen molar-refractivity contribution in [2.24, 2.45) is 10.1 Å². The molecule has 4 rings (SSSR count). The standard InChI is InChI=1S/C23H17N5O3/c29-22-13-11-19(28(30)31)14-17(22)15-24-27-23(25-18-7-2-1-3-8-18)21-12-10-16-6-4-5-9-20(16)26-21/h1-15,29H,(H,25,27). The topological polar surface area (TPSA) is 113 Å². The Morgan fingerprint density at radius 3 is 2.58 bits per heavy atom. The van der Waals surface area contributed by atoms with E-state index in [1.54, 1.807) is 0 Å². The van der Waals surface area contributed by atoms with Gasteiger partial charge in [-0.05, 0) is 30.3 Å². The lowest BCUT2D eigenvalue weighted by atomic mass is 10.2. The molecule has 2 N–H and O–H groups in total. The number of nitrogens with zero attached hydrogens (tertiary/aromatic N) is 4. The van der Waals surface area contributed by atoms with Gasteiger partial charge in [-0.2, -0.15) is 5.10 Å². The molecule has 0 saturated carbocycles. The maximum Gasteiger partial charge on any atom is 0.270 e. The van der Waals surface area contributed by atoms with Crippen LogP contribution in [0.25, 0.3) is 10.9 Å². The minimum atomic E-state index is -0.536. The molecule has 1 heterocycles. The average Bonchev–Trinajstić information content (AvgIpc) is 2.80. The summed E-state index contributed by atoms with van der Waals surface area (Å²) in [6, 6.07) is 24.5. The summed E-state index contributed by atoms with van der Waals surface area (Å²) in [5.74, 6) is 0.264. The van der Waals surface area contributed by atoms with Crippen molar-refractivity contribution >= 4 is 34.3 Å². The quantitative estimate of drug-likeness (QED) is 0.216. The summed E-state index contributed by atoms with van der Waals surface area (Å²) < 4.78 is 0. The Morgan fingerprint density at radius 1 is 1.00 bits per heavy atom. The molecule has 0 spiro atoms. The van der Waals surface area contributed by atoms with Gasteiger partial charge in [0.25, 0.3) is 5.69 Å². The number of rotatable bonds is 5. The van der Waals surface area contributed by atoms with E-state index in [4.69, 9.17) is 0 Å². The van der Waals surface area contributed by atoms with Gasteiger partial charge in [-0.25, -0.2) is 9.98 Å². The zero-order valence-corrected chi connectivity index (χ0v) is 16.2. The van der Waals surface area contributed by atoms with Crippen LogP contribution in [-0.4, -0.2) is 27.1 Å². The number of nitro groups is 1. The third-order valence-electron chi connectivity index (χ3n) is 4.43. The smallest absolute Gasteiger partial charge is 0.270 e. The van der Waals surface area contributed by atoms with Crippen molar-refractivity contribution in [2.45, 2.75) is 0 Å². The molecule has 0 aliphatic heterocycles. The van der Waals surface area contributed by atoms with Gasteiger partial charge in [-0.1, -0.05) is 42.5 Å². The van der Waals surface area contributed by atoms with E-state index in [2.05, 4.69) is 20.5 Å².